The van der Waals surface area contributed by atoms with Crippen LogP contribution in [-0.4, -0.2) is 39.7 Å². The Morgan fingerprint density at radius 2 is 2.08 bits per heavy atom. The number of benzene rings is 1. The number of nitrogens with two attached hydrogens (primary N) is 1. The molecule has 0 aliphatic carbocycles. The van der Waals surface area contributed by atoms with Crippen LogP contribution in [0, 0.1) is 5.92 Å². The Balaban J connectivity index is 0.00000208. The smallest absolute Gasteiger partial charge is 0.227 e. The first kappa shape index (κ1) is 18.5. The zero-order chi connectivity index (χ0) is 16.2. The molecule has 1 saturated heterocycles. The molecule has 0 spiro atoms. The van der Waals surface area contributed by atoms with Crippen LogP contribution in [0.2, 0.25) is 0 Å². The summed E-state index contributed by atoms with van der Waals surface area (Å²) in [6.07, 6.45) is 6.15. The Bertz CT molecular complexity index is 658. The standard InChI is InChI=1S/C18H24N4O.ClH/c1-14-7-8-21(17(9-14)11-19)18(23)10-15-12-20-22(13-15)16-5-3-2-4-6-16;/h2-6,12-14,17H,7-11,19H2,1H3;1H. The molecular formula is C18H25ClN4O. The molecule has 1 aliphatic rings. The average Bonchev–Trinajstić information content (AvgIpc) is 3.04. The first-order chi connectivity index (χ1) is 11.2. The molecule has 130 valence electrons. The number of piperidine rings is 1. The minimum Gasteiger partial charge on any atom is -0.338 e. The second-order valence-corrected chi connectivity index (χ2v) is 6.41. The van der Waals surface area contributed by atoms with Gasteiger partial charge in [-0.3, -0.25) is 4.79 Å². The molecule has 6 heteroatoms. The van der Waals surface area contributed by atoms with Crippen LogP contribution in [0.1, 0.15) is 25.3 Å². The zero-order valence-electron chi connectivity index (χ0n) is 14.0. The molecule has 24 heavy (non-hydrogen) atoms. The molecular weight excluding hydrogens is 324 g/mol. The molecule has 0 saturated carbocycles. The molecule has 5 nitrogen and oxygen atoms in total. The van der Waals surface area contributed by atoms with Gasteiger partial charge in [-0.2, -0.15) is 5.10 Å². The van der Waals surface area contributed by atoms with Crippen LogP contribution in [0.3, 0.4) is 0 Å². The van der Waals surface area contributed by atoms with Gasteiger partial charge < -0.3 is 10.6 Å². The van der Waals surface area contributed by atoms with Crippen LogP contribution in [0.4, 0.5) is 0 Å². The third-order valence-electron chi connectivity index (χ3n) is 4.58. The van der Waals surface area contributed by atoms with E-state index in [1.165, 1.54) is 0 Å². The maximum Gasteiger partial charge on any atom is 0.227 e. The third-order valence-corrected chi connectivity index (χ3v) is 4.58. The number of amides is 1. The number of likely N-dealkylation sites (tertiary alicyclic amines) is 1. The fraction of sp³-hybridized carbons (Fsp3) is 0.444. The molecule has 0 bridgehead atoms. The summed E-state index contributed by atoms with van der Waals surface area (Å²) >= 11 is 0. The number of carbonyl (C=O) groups is 1. The van der Waals surface area contributed by atoms with Crippen molar-refractivity contribution in [1.82, 2.24) is 14.7 Å². The zero-order valence-corrected chi connectivity index (χ0v) is 14.8. The molecule has 1 aromatic carbocycles. The highest BCUT2D eigenvalue weighted by atomic mass is 35.5. The summed E-state index contributed by atoms with van der Waals surface area (Å²) in [6, 6.07) is 10.1. The van der Waals surface area contributed by atoms with Gasteiger partial charge in [0.15, 0.2) is 0 Å². The van der Waals surface area contributed by atoms with E-state index in [0.29, 0.717) is 18.9 Å². The first-order valence-corrected chi connectivity index (χ1v) is 8.26. The summed E-state index contributed by atoms with van der Waals surface area (Å²) in [5.74, 6) is 0.799. The van der Waals surface area contributed by atoms with E-state index in [0.717, 1.165) is 30.6 Å². The van der Waals surface area contributed by atoms with E-state index in [-0.39, 0.29) is 24.4 Å². The minimum atomic E-state index is 0. The van der Waals surface area contributed by atoms with Gasteiger partial charge in [0.2, 0.25) is 5.91 Å². The maximum atomic E-state index is 12.6. The van der Waals surface area contributed by atoms with E-state index in [1.807, 2.05) is 41.4 Å². The van der Waals surface area contributed by atoms with E-state index in [9.17, 15) is 4.79 Å². The lowest BCUT2D eigenvalue weighted by Crippen LogP contribution is -2.49. The maximum absolute atomic E-state index is 12.6. The Labute approximate surface area is 149 Å². The molecule has 1 amide bonds. The van der Waals surface area contributed by atoms with Crippen LogP contribution in [0.5, 0.6) is 0 Å². The van der Waals surface area contributed by atoms with Crippen molar-refractivity contribution >= 4 is 18.3 Å². The van der Waals surface area contributed by atoms with Crippen molar-refractivity contribution < 1.29 is 4.79 Å². The molecule has 1 fully saturated rings. The van der Waals surface area contributed by atoms with Crippen LogP contribution in [-0.2, 0) is 11.2 Å². The van der Waals surface area contributed by atoms with Crippen LogP contribution >= 0.6 is 12.4 Å². The van der Waals surface area contributed by atoms with Crippen molar-refractivity contribution in [1.29, 1.82) is 0 Å². The lowest BCUT2D eigenvalue weighted by molar-refractivity contribution is -0.134. The van der Waals surface area contributed by atoms with Gasteiger partial charge in [-0.05, 0) is 36.5 Å². The molecule has 3 rings (SSSR count). The number of nitrogens with zero attached hydrogens (tertiary/aromatic N) is 3. The van der Waals surface area contributed by atoms with Gasteiger partial charge in [0, 0.05) is 25.3 Å². The Hall–Kier alpha value is -1.85. The first-order valence-electron chi connectivity index (χ1n) is 8.26. The van der Waals surface area contributed by atoms with Gasteiger partial charge in [-0.1, -0.05) is 25.1 Å². The summed E-state index contributed by atoms with van der Waals surface area (Å²) in [6.45, 7) is 3.59. The Morgan fingerprint density at radius 1 is 1.33 bits per heavy atom. The second-order valence-electron chi connectivity index (χ2n) is 6.41. The lowest BCUT2D eigenvalue weighted by Gasteiger charge is -2.38. The number of hydrogen-bond donors (Lipinski definition) is 1. The van der Waals surface area contributed by atoms with E-state index >= 15 is 0 Å². The van der Waals surface area contributed by atoms with E-state index in [4.69, 9.17) is 5.73 Å². The van der Waals surface area contributed by atoms with Gasteiger partial charge >= 0.3 is 0 Å². The van der Waals surface area contributed by atoms with Crippen molar-refractivity contribution in [2.75, 3.05) is 13.1 Å². The summed E-state index contributed by atoms with van der Waals surface area (Å²) < 4.78 is 1.81. The van der Waals surface area contributed by atoms with Crippen molar-refractivity contribution in [3.05, 3.63) is 48.3 Å². The van der Waals surface area contributed by atoms with Gasteiger partial charge in [-0.25, -0.2) is 4.68 Å². The summed E-state index contributed by atoms with van der Waals surface area (Å²) in [4.78, 5) is 14.6. The molecule has 2 atom stereocenters. The number of rotatable bonds is 4. The van der Waals surface area contributed by atoms with Gasteiger partial charge in [0.25, 0.3) is 0 Å². The summed E-state index contributed by atoms with van der Waals surface area (Å²) in [7, 11) is 0. The minimum absolute atomic E-state index is 0. The molecule has 0 radical (unpaired) electrons. The molecule has 1 aromatic heterocycles. The fourth-order valence-electron chi connectivity index (χ4n) is 3.25. The van der Waals surface area contributed by atoms with Gasteiger partial charge in [-0.15, -0.1) is 12.4 Å². The molecule has 2 heterocycles. The van der Waals surface area contributed by atoms with E-state index in [2.05, 4.69) is 12.0 Å². The molecule has 2 unspecified atom stereocenters. The number of aromatic nitrogens is 2. The largest absolute Gasteiger partial charge is 0.338 e. The van der Waals surface area contributed by atoms with Gasteiger partial charge in [0.1, 0.15) is 0 Å². The number of carbonyl (C=O) groups excluding carboxylic acids is 1. The van der Waals surface area contributed by atoms with Crippen LogP contribution in [0.25, 0.3) is 5.69 Å². The van der Waals surface area contributed by atoms with E-state index in [1.54, 1.807) is 10.9 Å². The Morgan fingerprint density at radius 3 is 2.79 bits per heavy atom. The van der Waals surface area contributed by atoms with Crippen molar-refractivity contribution in [3.8, 4) is 5.69 Å². The predicted molar refractivity (Wildman–Crippen MR) is 97.5 cm³/mol. The predicted octanol–water partition coefficient (Wildman–Crippen LogP) is 2.42. The molecule has 1 aliphatic heterocycles. The molecule has 2 N–H and O–H groups in total. The highest BCUT2D eigenvalue weighted by Crippen LogP contribution is 2.22. The lowest BCUT2D eigenvalue weighted by atomic mass is 9.92. The Kier molecular flexibility index (Phi) is 6.40. The highest BCUT2D eigenvalue weighted by Gasteiger charge is 2.28. The summed E-state index contributed by atoms with van der Waals surface area (Å²) in [5.41, 5.74) is 7.79. The van der Waals surface area contributed by atoms with Crippen LogP contribution in [0.15, 0.2) is 42.7 Å². The quantitative estimate of drug-likeness (QED) is 0.922. The third kappa shape index (κ3) is 4.16. The van der Waals surface area contributed by atoms with Crippen molar-refractivity contribution in [3.63, 3.8) is 0 Å². The monoisotopic (exact) mass is 348 g/mol. The molecule has 2 aromatic rings. The number of para-hydroxylation sites is 1. The highest BCUT2D eigenvalue weighted by molar-refractivity contribution is 5.85. The average molecular weight is 349 g/mol. The normalized spacial score (nSPS) is 20.5. The van der Waals surface area contributed by atoms with Crippen LogP contribution < -0.4 is 5.73 Å². The fourth-order valence-corrected chi connectivity index (χ4v) is 3.25. The number of hydrogen-bond acceptors (Lipinski definition) is 3. The van der Waals surface area contributed by atoms with Crippen molar-refractivity contribution in [2.24, 2.45) is 11.7 Å². The second kappa shape index (κ2) is 8.31. The summed E-state index contributed by atoms with van der Waals surface area (Å²) in [5, 5.41) is 4.36. The van der Waals surface area contributed by atoms with Gasteiger partial charge in [0.05, 0.1) is 18.3 Å². The van der Waals surface area contributed by atoms with Crippen molar-refractivity contribution in [2.45, 2.75) is 32.2 Å². The number of halogens is 1. The topological polar surface area (TPSA) is 64.2 Å². The van der Waals surface area contributed by atoms with E-state index < -0.39 is 0 Å². The SMILES string of the molecule is CC1CCN(C(=O)Cc2cnn(-c3ccccc3)c2)C(CN)C1.Cl.